The molecule has 0 saturated heterocycles. The average molecular weight is 325 g/mol. The lowest BCUT2D eigenvalue weighted by Crippen LogP contribution is -2.13. The Morgan fingerprint density at radius 1 is 1.17 bits per heavy atom. The van der Waals surface area contributed by atoms with Gasteiger partial charge in [0.2, 0.25) is 0 Å². The lowest BCUT2D eigenvalue weighted by molar-refractivity contribution is 0.102. The highest BCUT2D eigenvalue weighted by atomic mass is 32.1. The zero-order valence-corrected chi connectivity index (χ0v) is 13.6. The van der Waals surface area contributed by atoms with Gasteiger partial charge >= 0.3 is 0 Å². The van der Waals surface area contributed by atoms with Gasteiger partial charge in [0.15, 0.2) is 5.69 Å². The minimum atomic E-state index is -0.289. The van der Waals surface area contributed by atoms with E-state index in [0.29, 0.717) is 17.1 Å². The summed E-state index contributed by atoms with van der Waals surface area (Å²) in [6.45, 7) is 2.02. The van der Waals surface area contributed by atoms with Gasteiger partial charge in [-0.15, -0.1) is 5.10 Å². The van der Waals surface area contributed by atoms with Crippen LogP contribution in [0.1, 0.15) is 16.1 Å². The van der Waals surface area contributed by atoms with Gasteiger partial charge < -0.3 is 10.1 Å². The summed E-state index contributed by atoms with van der Waals surface area (Å²) in [5, 5.41) is 6.80. The average Bonchev–Trinajstić information content (AvgIpc) is 3.05. The molecule has 3 rings (SSSR count). The molecule has 0 aliphatic heterocycles. The van der Waals surface area contributed by atoms with Crippen molar-refractivity contribution in [2.45, 2.75) is 6.92 Å². The van der Waals surface area contributed by atoms with Crippen molar-refractivity contribution >= 4 is 23.1 Å². The molecule has 2 aromatic carbocycles. The van der Waals surface area contributed by atoms with Gasteiger partial charge in [0.05, 0.1) is 12.0 Å². The number of benzene rings is 2. The molecule has 5 nitrogen and oxygen atoms in total. The van der Waals surface area contributed by atoms with Crippen molar-refractivity contribution in [3.8, 4) is 16.2 Å². The van der Waals surface area contributed by atoms with Gasteiger partial charge in [-0.2, -0.15) is 0 Å². The van der Waals surface area contributed by atoms with Crippen LogP contribution in [0.4, 0.5) is 5.69 Å². The van der Waals surface area contributed by atoms with Crippen LogP contribution in [0, 0.1) is 6.92 Å². The molecule has 23 heavy (non-hydrogen) atoms. The standard InChI is InChI=1S/C17H15N3O2S/c1-11-6-8-12(9-7-11)16-15(19-20-23-16)17(21)18-13-4-3-5-14(10-13)22-2/h3-10H,1-2H3,(H,18,21). The van der Waals surface area contributed by atoms with E-state index in [-0.39, 0.29) is 5.91 Å². The molecule has 116 valence electrons. The normalized spacial score (nSPS) is 10.3. The number of aromatic nitrogens is 2. The second kappa shape index (κ2) is 6.58. The van der Waals surface area contributed by atoms with Crippen molar-refractivity contribution in [3.05, 3.63) is 59.8 Å². The van der Waals surface area contributed by atoms with Crippen LogP contribution in [-0.2, 0) is 0 Å². The molecule has 3 aromatic rings. The maximum atomic E-state index is 12.5. The van der Waals surface area contributed by atoms with Gasteiger partial charge in [-0.1, -0.05) is 40.4 Å². The number of rotatable bonds is 4. The number of amides is 1. The van der Waals surface area contributed by atoms with Gasteiger partial charge in [-0.25, -0.2) is 0 Å². The van der Waals surface area contributed by atoms with Crippen molar-refractivity contribution in [3.63, 3.8) is 0 Å². The first kappa shape index (κ1) is 15.2. The zero-order valence-electron chi connectivity index (χ0n) is 12.7. The number of nitrogens with one attached hydrogen (secondary N) is 1. The van der Waals surface area contributed by atoms with Crippen LogP contribution >= 0.6 is 11.5 Å². The number of anilines is 1. The van der Waals surface area contributed by atoms with Gasteiger partial charge in [0.25, 0.3) is 5.91 Å². The second-order valence-corrected chi connectivity index (χ2v) is 5.76. The number of nitrogens with zero attached hydrogens (tertiary/aromatic N) is 2. The summed E-state index contributed by atoms with van der Waals surface area (Å²) in [6, 6.07) is 15.1. The molecule has 6 heteroatoms. The lowest BCUT2D eigenvalue weighted by Gasteiger charge is -2.06. The van der Waals surface area contributed by atoms with E-state index >= 15 is 0 Å². The third-order valence-electron chi connectivity index (χ3n) is 3.34. The van der Waals surface area contributed by atoms with Crippen LogP contribution in [0.2, 0.25) is 0 Å². The van der Waals surface area contributed by atoms with E-state index in [1.54, 1.807) is 19.2 Å². The summed E-state index contributed by atoms with van der Waals surface area (Å²) in [5.41, 5.74) is 3.06. The number of carbonyl (C=O) groups excluding carboxylic acids is 1. The zero-order chi connectivity index (χ0) is 16.2. The molecule has 0 saturated carbocycles. The van der Waals surface area contributed by atoms with Crippen LogP contribution in [-0.4, -0.2) is 22.6 Å². The summed E-state index contributed by atoms with van der Waals surface area (Å²) >= 11 is 1.21. The van der Waals surface area contributed by atoms with Crippen LogP contribution in [0.5, 0.6) is 5.75 Å². The second-order valence-electron chi connectivity index (χ2n) is 5.00. The third-order valence-corrected chi connectivity index (χ3v) is 4.12. The van der Waals surface area contributed by atoms with Crippen molar-refractivity contribution in [1.82, 2.24) is 9.59 Å². The molecule has 1 amide bonds. The maximum absolute atomic E-state index is 12.5. The molecular formula is C17H15N3O2S. The van der Waals surface area contributed by atoms with Crippen LogP contribution in [0.25, 0.3) is 10.4 Å². The van der Waals surface area contributed by atoms with Crippen molar-refractivity contribution in [2.24, 2.45) is 0 Å². The highest BCUT2D eigenvalue weighted by Crippen LogP contribution is 2.27. The Kier molecular flexibility index (Phi) is 4.34. The predicted octanol–water partition coefficient (Wildman–Crippen LogP) is 3.77. The molecule has 0 bridgehead atoms. The highest BCUT2D eigenvalue weighted by Gasteiger charge is 2.18. The van der Waals surface area contributed by atoms with Crippen LogP contribution < -0.4 is 10.1 Å². The Labute approximate surface area is 138 Å². The quantitative estimate of drug-likeness (QED) is 0.793. The Balaban J connectivity index is 1.86. The minimum Gasteiger partial charge on any atom is -0.497 e. The first-order chi connectivity index (χ1) is 11.2. The van der Waals surface area contributed by atoms with Crippen molar-refractivity contribution in [1.29, 1.82) is 0 Å². The summed E-state index contributed by atoms with van der Waals surface area (Å²) < 4.78 is 9.08. The third kappa shape index (κ3) is 3.37. The summed E-state index contributed by atoms with van der Waals surface area (Å²) in [4.78, 5) is 13.2. The monoisotopic (exact) mass is 325 g/mol. The lowest BCUT2D eigenvalue weighted by atomic mass is 10.1. The van der Waals surface area contributed by atoms with Crippen LogP contribution in [0.15, 0.2) is 48.5 Å². The van der Waals surface area contributed by atoms with E-state index in [1.165, 1.54) is 11.5 Å². The van der Waals surface area contributed by atoms with E-state index in [9.17, 15) is 4.79 Å². The van der Waals surface area contributed by atoms with E-state index in [0.717, 1.165) is 16.0 Å². The number of aryl methyl sites for hydroxylation is 1. The first-order valence-electron chi connectivity index (χ1n) is 7.02. The maximum Gasteiger partial charge on any atom is 0.277 e. The molecule has 0 fully saturated rings. The number of ether oxygens (including phenoxy) is 1. The van der Waals surface area contributed by atoms with E-state index in [4.69, 9.17) is 4.74 Å². The van der Waals surface area contributed by atoms with Crippen LogP contribution in [0.3, 0.4) is 0 Å². The molecule has 0 spiro atoms. The fourth-order valence-corrected chi connectivity index (χ4v) is 2.79. The fraction of sp³-hybridized carbons (Fsp3) is 0.118. The number of hydrogen-bond donors (Lipinski definition) is 1. The topological polar surface area (TPSA) is 64.1 Å². The summed E-state index contributed by atoms with van der Waals surface area (Å²) in [6.07, 6.45) is 0. The number of hydrogen-bond acceptors (Lipinski definition) is 5. The van der Waals surface area contributed by atoms with E-state index in [2.05, 4.69) is 14.9 Å². The molecule has 1 aromatic heterocycles. The molecule has 0 unspecified atom stereocenters. The van der Waals surface area contributed by atoms with Gasteiger partial charge in [-0.3, -0.25) is 4.79 Å². The molecule has 1 heterocycles. The predicted molar refractivity (Wildman–Crippen MR) is 91.0 cm³/mol. The summed E-state index contributed by atoms with van der Waals surface area (Å²) in [5.74, 6) is 0.389. The van der Waals surface area contributed by atoms with Crippen molar-refractivity contribution in [2.75, 3.05) is 12.4 Å². The van der Waals surface area contributed by atoms with Gasteiger partial charge in [0, 0.05) is 11.8 Å². The molecule has 0 aliphatic carbocycles. The SMILES string of the molecule is COc1cccc(NC(=O)c2nnsc2-c2ccc(C)cc2)c1. The number of methoxy groups -OCH3 is 1. The van der Waals surface area contributed by atoms with Gasteiger partial charge in [-0.05, 0) is 36.2 Å². The molecule has 0 radical (unpaired) electrons. The fourth-order valence-electron chi connectivity index (χ4n) is 2.12. The largest absolute Gasteiger partial charge is 0.497 e. The highest BCUT2D eigenvalue weighted by molar-refractivity contribution is 7.09. The van der Waals surface area contributed by atoms with E-state index in [1.807, 2.05) is 43.3 Å². The Bertz CT molecular complexity index is 828. The number of carbonyl (C=O) groups is 1. The molecule has 0 aliphatic rings. The first-order valence-corrected chi connectivity index (χ1v) is 7.79. The molecule has 1 N–H and O–H groups in total. The molecular weight excluding hydrogens is 310 g/mol. The Morgan fingerprint density at radius 2 is 1.96 bits per heavy atom. The van der Waals surface area contributed by atoms with E-state index < -0.39 is 0 Å². The Morgan fingerprint density at radius 3 is 2.70 bits per heavy atom. The Hall–Kier alpha value is -2.73. The minimum absolute atomic E-state index is 0.289. The molecule has 0 atom stereocenters. The smallest absolute Gasteiger partial charge is 0.277 e. The van der Waals surface area contributed by atoms with Gasteiger partial charge in [0.1, 0.15) is 5.75 Å². The van der Waals surface area contributed by atoms with Crippen molar-refractivity contribution < 1.29 is 9.53 Å². The summed E-state index contributed by atoms with van der Waals surface area (Å²) in [7, 11) is 1.58.